The summed E-state index contributed by atoms with van der Waals surface area (Å²) in [5.74, 6) is 0.719. The topological polar surface area (TPSA) is 68.9 Å². The molecule has 5 heteroatoms. The van der Waals surface area contributed by atoms with E-state index in [-0.39, 0.29) is 17.5 Å². The molecule has 0 spiro atoms. The van der Waals surface area contributed by atoms with Gasteiger partial charge in [0.15, 0.2) is 5.78 Å². The number of alkyl halides is 1. The fourth-order valence-electron chi connectivity index (χ4n) is 1.15. The smallest absolute Gasteiger partial charge is 0.165 e. The minimum absolute atomic E-state index is 0.129. The van der Waals surface area contributed by atoms with Crippen LogP contribution in [-0.2, 0) is 5.88 Å². The number of Topliss-reactive ketones (excluding diaryl/α,β-unsaturated/α-hetero) is 1. The molecular weight excluding hydrogens is 190 g/mol. The van der Waals surface area contributed by atoms with Crippen molar-refractivity contribution >= 4 is 23.2 Å². The third kappa shape index (κ3) is 1.95. The first kappa shape index (κ1) is 9.92. The predicted octanol–water partition coefficient (Wildman–Crippen LogP) is 1.31. The van der Waals surface area contributed by atoms with Gasteiger partial charge in [-0.2, -0.15) is 0 Å². The number of rotatable bonds is 2. The van der Waals surface area contributed by atoms with Crippen molar-refractivity contribution in [3.63, 3.8) is 0 Å². The van der Waals surface area contributed by atoms with Crippen LogP contribution in [0.25, 0.3) is 0 Å². The molecule has 0 aliphatic rings. The summed E-state index contributed by atoms with van der Waals surface area (Å²) >= 11 is 5.54. The number of carbonyl (C=O) groups is 1. The molecule has 0 amide bonds. The van der Waals surface area contributed by atoms with Crippen LogP contribution in [0.1, 0.15) is 28.8 Å². The summed E-state index contributed by atoms with van der Waals surface area (Å²) in [7, 11) is 0. The Labute approximate surface area is 81.1 Å². The van der Waals surface area contributed by atoms with Gasteiger partial charge in [-0.05, 0) is 13.8 Å². The summed E-state index contributed by atoms with van der Waals surface area (Å²) < 4.78 is 0. The number of halogens is 1. The van der Waals surface area contributed by atoms with Crippen LogP contribution in [0.5, 0.6) is 0 Å². The second kappa shape index (κ2) is 3.70. The molecule has 0 saturated carbocycles. The Balaban J connectivity index is 3.31. The highest BCUT2D eigenvalue weighted by molar-refractivity contribution is 6.16. The summed E-state index contributed by atoms with van der Waals surface area (Å²) in [4.78, 5) is 19.0. The molecule has 13 heavy (non-hydrogen) atoms. The summed E-state index contributed by atoms with van der Waals surface area (Å²) in [5, 5.41) is 0. The number of hydrogen-bond acceptors (Lipinski definition) is 4. The monoisotopic (exact) mass is 199 g/mol. The van der Waals surface area contributed by atoms with Gasteiger partial charge in [0.1, 0.15) is 11.6 Å². The van der Waals surface area contributed by atoms with E-state index in [1.807, 2.05) is 0 Å². The molecule has 0 radical (unpaired) electrons. The van der Waals surface area contributed by atoms with Crippen LogP contribution in [0.3, 0.4) is 0 Å². The summed E-state index contributed by atoms with van der Waals surface area (Å²) in [6.07, 6.45) is 0. The lowest BCUT2D eigenvalue weighted by atomic mass is 10.1. The number of hydrogen-bond donors (Lipinski definition) is 1. The fraction of sp³-hybridized carbons (Fsp3) is 0.375. The van der Waals surface area contributed by atoms with Gasteiger partial charge in [0.2, 0.25) is 0 Å². The van der Waals surface area contributed by atoms with Gasteiger partial charge in [0.05, 0.1) is 17.1 Å². The fourth-order valence-corrected chi connectivity index (χ4v) is 1.27. The van der Waals surface area contributed by atoms with Crippen LogP contribution in [0.4, 0.5) is 5.82 Å². The largest absolute Gasteiger partial charge is 0.383 e. The molecule has 1 aromatic rings. The van der Waals surface area contributed by atoms with E-state index in [1.165, 1.54) is 6.92 Å². The van der Waals surface area contributed by atoms with E-state index >= 15 is 0 Å². The summed E-state index contributed by atoms with van der Waals surface area (Å²) in [6.45, 7) is 3.15. The van der Waals surface area contributed by atoms with Crippen LogP contribution in [-0.4, -0.2) is 15.8 Å². The van der Waals surface area contributed by atoms with Gasteiger partial charge in [0.25, 0.3) is 0 Å². The van der Waals surface area contributed by atoms with Crippen LogP contribution in [0, 0.1) is 6.92 Å². The molecule has 0 aromatic carbocycles. The Bertz CT molecular complexity index is 328. The zero-order chi connectivity index (χ0) is 10.0. The van der Waals surface area contributed by atoms with Gasteiger partial charge in [-0.25, -0.2) is 9.97 Å². The standard InChI is InChI=1S/C8H10ClN3O/c1-4-7(5(2)13)8(10)12-6(3-9)11-4/h3H2,1-2H3,(H2,10,11,12). The Morgan fingerprint density at radius 2 is 2.15 bits per heavy atom. The van der Waals surface area contributed by atoms with Crippen molar-refractivity contribution in [3.05, 3.63) is 17.1 Å². The normalized spacial score (nSPS) is 10.1. The van der Waals surface area contributed by atoms with Crippen molar-refractivity contribution < 1.29 is 4.79 Å². The number of aryl methyl sites for hydroxylation is 1. The van der Waals surface area contributed by atoms with Crippen molar-refractivity contribution in [3.8, 4) is 0 Å². The first-order chi connectivity index (χ1) is 6.06. The Morgan fingerprint density at radius 1 is 1.54 bits per heavy atom. The van der Waals surface area contributed by atoms with Crippen LogP contribution < -0.4 is 5.73 Å². The molecule has 0 unspecified atom stereocenters. The van der Waals surface area contributed by atoms with Crippen molar-refractivity contribution in [1.29, 1.82) is 0 Å². The second-order valence-corrected chi connectivity index (χ2v) is 2.94. The average Bonchev–Trinajstić information content (AvgIpc) is 2.02. The lowest BCUT2D eigenvalue weighted by Crippen LogP contribution is -2.09. The molecule has 0 aliphatic carbocycles. The first-order valence-electron chi connectivity index (χ1n) is 3.76. The summed E-state index contributed by atoms with van der Waals surface area (Å²) in [5.41, 5.74) is 6.53. The van der Waals surface area contributed by atoms with Gasteiger partial charge in [-0.15, -0.1) is 11.6 Å². The van der Waals surface area contributed by atoms with Crippen LogP contribution in [0.15, 0.2) is 0 Å². The van der Waals surface area contributed by atoms with Crippen molar-refractivity contribution in [2.75, 3.05) is 5.73 Å². The van der Waals surface area contributed by atoms with E-state index in [0.29, 0.717) is 17.1 Å². The van der Waals surface area contributed by atoms with Gasteiger partial charge >= 0.3 is 0 Å². The van der Waals surface area contributed by atoms with Crippen molar-refractivity contribution in [1.82, 2.24) is 9.97 Å². The molecule has 4 nitrogen and oxygen atoms in total. The highest BCUT2D eigenvalue weighted by Gasteiger charge is 2.12. The molecule has 0 bridgehead atoms. The van der Waals surface area contributed by atoms with E-state index in [2.05, 4.69) is 9.97 Å². The second-order valence-electron chi connectivity index (χ2n) is 2.68. The van der Waals surface area contributed by atoms with Crippen molar-refractivity contribution in [2.45, 2.75) is 19.7 Å². The van der Waals surface area contributed by atoms with Gasteiger partial charge in [-0.3, -0.25) is 4.79 Å². The maximum Gasteiger partial charge on any atom is 0.165 e. The summed E-state index contributed by atoms with van der Waals surface area (Å²) in [6, 6.07) is 0. The number of nitrogen functional groups attached to an aromatic ring is 1. The molecule has 0 aliphatic heterocycles. The van der Waals surface area contributed by atoms with Crippen LogP contribution >= 0.6 is 11.6 Å². The van der Waals surface area contributed by atoms with E-state index in [4.69, 9.17) is 17.3 Å². The zero-order valence-corrected chi connectivity index (χ0v) is 8.22. The Morgan fingerprint density at radius 3 is 2.54 bits per heavy atom. The first-order valence-corrected chi connectivity index (χ1v) is 4.29. The molecule has 1 rings (SSSR count). The van der Waals surface area contributed by atoms with Gasteiger partial charge in [-0.1, -0.05) is 0 Å². The van der Waals surface area contributed by atoms with Crippen LogP contribution in [0.2, 0.25) is 0 Å². The highest BCUT2D eigenvalue weighted by Crippen LogP contribution is 2.14. The highest BCUT2D eigenvalue weighted by atomic mass is 35.5. The maximum atomic E-state index is 11.1. The number of anilines is 1. The maximum absolute atomic E-state index is 11.1. The number of aromatic nitrogens is 2. The molecule has 2 N–H and O–H groups in total. The molecule has 1 heterocycles. The van der Waals surface area contributed by atoms with Crippen molar-refractivity contribution in [2.24, 2.45) is 0 Å². The number of carbonyl (C=O) groups excluding carboxylic acids is 1. The minimum atomic E-state index is -0.129. The molecule has 1 aromatic heterocycles. The lowest BCUT2D eigenvalue weighted by Gasteiger charge is -2.05. The van der Waals surface area contributed by atoms with E-state index in [0.717, 1.165) is 0 Å². The lowest BCUT2D eigenvalue weighted by molar-refractivity contribution is 0.101. The number of ketones is 1. The number of nitrogens with zero attached hydrogens (tertiary/aromatic N) is 2. The molecule has 0 fully saturated rings. The molecular formula is C8H10ClN3O. The molecule has 0 atom stereocenters. The van der Waals surface area contributed by atoms with E-state index < -0.39 is 0 Å². The van der Waals surface area contributed by atoms with E-state index in [1.54, 1.807) is 6.92 Å². The van der Waals surface area contributed by atoms with Gasteiger partial charge < -0.3 is 5.73 Å². The van der Waals surface area contributed by atoms with Gasteiger partial charge in [0, 0.05) is 0 Å². The average molecular weight is 200 g/mol. The Hall–Kier alpha value is -1.16. The third-order valence-corrected chi connectivity index (χ3v) is 1.87. The predicted molar refractivity (Wildman–Crippen MR) is 50.7 cm³/mol. The third-order valence-electron chi connectivity index (χ3n) is 1.64. The molecule has 70 valence electrons. The Kier molecular flexibility index (Phi) is 2.83. The number of nitrogens with two attached hydrogens (primary N) is 1. The van der Waals surface area contributed by atoms with E-state index in [9.17, 15) is 4.79 Å². The quantitative estimate of drug-likeness (QED) is 0.576. The molecule has 0 saturated heterocycles. The minimum Gasteiger partial charge on any atom is -0.383 e. The SMILES string of the molecule is CC(=O)c1c(C)nc(CCl)nc1N. The zero-order valence-electron chi connectivity index (χ0n) is 7.47.